The van der Waals surface area contributed by atoms with Gasteiger partial charge in [-0.25, -0.2) is 0 Å². The third-order valence-corrected chi connectivity index (χ3v) is 6.49. The molecule has 0 amide bonds. The van der Waals surface area contributed by atoms with Crippen molar-refractivity contribution in [3.63, 3.8) is 0 Å². The molecule has 0 unspecified atom stereocenters. The molecule has 4 aromatic carbocycles. The molecule has 1 aliphatic rings. The summed E-state index contributed by atoms with van der Waals surface area (Å²) in [5.74, 6) is 0. The monoisotopic (exact) mass is 388 g/mol. The molecular formula is C28H20O2. The summed E-state index contributed by atoms with van der Waals surface area (Å²) in [7, 11) is 0. The van der Waals surface area contributed by atoms with E-state index in [4.69, 9.17) is 4.42 Å². The fourth-order valence-electron chi connectivity index (χ4n) is 4.87. The second kappa shape index (κ2) is 5.93. The van der Waals surface area contributed by atoms with E-state index in [2.05, 4.69) is 56.3 Å². The van der Waals surface area contributed by atoms with Crippen LogP contribution in [0, 0.1) is 0 Å². The van der Waals surface area contributed by atoms with Gasteiger partial charge in [-0.3, -0.25) is 4.79 Å². The number of hydrogen-bond donors (Lipinski definition) is 0. The van der Waals surface area contributed by atoms with Crippen LogP contribution in [-0.4, -0.2) is 0 Å². The summed E-state index contributed by atoms with van der Waals surface area (Å²) in [5, 5.41) is 1.24. The normalized spacial score (nSPS) is 14.1. The van der Waals surface area contributed by atoms with Crippen LogP contribution < -0.4 is 5.43 Å². The van der Waals surface area contributed by atoms with Gasteiger partial charge in [-0.1, -0.05) is 68.4 Å². The van der Waals surface area contributed by atoms with Crippen LogP contribution in [-0.2, 0) is 5.41 Å². The molecule has 0 saturated carbocycles. The predicted octanol–water partition coefficient (Wildman–Crippen LogP) is 6.92. The molecule has 0 aliphatic heterocycles. The first-order valence-electron chi connectivity index (χ1n) is 10.2. The first-order valence-corrected chi connectivity index (χ1v) is 10.2. The van der Waals surface area contributed by atoms with Crippen LogP contribution in [0.25, 0.3) is 44.2 Å². The lowest BCUT2D eigenvalue weighted by Crippen LogP contribution is -2.14. The van der Waals surface area contributed by atoms with E-state index in [1.807, 2.05) is 42.5 Å². The van der Waals surface area contributed by atoms with Crippen LogP contribution in [0.3, 0.4) is 0 Å². The molecule has 0 N–H and O–H groups in total. The highest BCUT2D eigenvalue weighted by Gasteiger charge is 2.35. The maximum absolute atomic E-state index is 13.1. The van der Waals surface area contributed by atoms with Crippen molar-refractivity contribution >= 4 is 21.9 Å². The Morgan fingerprint density at radius 3 is 2.20 bits per heavy atom. The van der Waals surface area contributed by atoms with E-state index in [1.165, 1.54) is 22.3 Å². The Morgan fingerprint density at radius 1 is 0.633 bits per heavy atom. The Hall–Kier alpha value is -3.65. The third kappa shape index (κ3) is 2.28. The van der Waals surface area contributed by atoms with E-state index in [0.29, 0.717) is 21.9 Å². The Labute approximate surface area is 174 Å². The minimum Gasteiger partial charge on any atom is -0.456 e. The van der Waals surface area contributed by atoms with Gasteiger partial charge in [0.1, 0.15) is 11.2 Å². The Kier molecular flexibility index (Phi) is 3.41. The van der Waals surface area contributed by atoms with Gasteiger partial charge in [0.05, 0.1) is 10.8 Å². The fourth-order valence-corrected chi connectivity index (χ4v) is 4.87. The lowest BCUT2D eigenvalue weighted by Gasteiger charge is -2.22. The maximum Gasteiger partial charge on any atom is 0.200 e. The highest BCUT2D eigenvalue weighted by molar-refractivity contribution is 5.92. The summed E-state index contributed by atoms with van der Waals surface area (Å²) in [6, 6.07) is 28.6. The molecule has 1 heterocycles. The van der Waals surface area contributed by atoms with Crippen molar-refractivity contribution in [3.8, 4) is 22.3 Å². The van der Waals surface area contributed by atoms with E-state index in [1.54, 1.807) is 0 Å². The largest absolute Gasteiger partial charge is 0.456 e. The minimum atomic E-state index is -0.0476. The van der Waals surface area contributed by atoms with Gasteiger partial charge in [-0.05, 0) is 63.7 Å². The zero-order chi connectivity index (χ0) is 20.5. The van der Waals surface area contributed by atoms with E-state index in [9.17, 15) is 4.79 Å². The molecule has 0 spiro atoms. The highest BCUT2D eigenvalue weighted by atomic mass is 16.3. The molecule has 1 aromatic heterocycles. The molecule has 2 nitrogen and oxygen atoms in total. The van der Waals surface area contributed by atoms with Crippen LogP contribution in [0.1, 0.15) is 25.0 Å². The first-order chi connectivity index (χ1) is 14.5. The molecule has 6 rings (SSSR count). The summed E-state index contributed by atoms with van der Waals surface area (Å²) < 4.78 is 5.97. The Morgan fingerprint density at radius 2 is 1.30 bits per heavy atom. The molecule has 0 bridgehead atoms. The average molecular weight is 388 g/mol. The molecule has 144 valence electrons. The SMILES string of the molecule is CC1(C)c2ccccc2-c2ccc(-c3ccc4oc5ccccc5c(=O)c4c3)cc21. The van der Waals surface area contributed by atoms with Crippen molar-refractivity contribution in [2.75, 3.05) is 0 Å². The lowest BCUT2D eigenvalue weighted by atomic mass is 9.81. The summed E-state index contributed by atoms with van der Waals surface area (Å²) >= 11 is 0. The van der Waals surface area contributed by atoms with Crippen LogP contribution in [0.5, 0.6) is 0 Å². The molecule has 2 heteroatoms. The molecule has 1 aliphatic carbocycles. The summed E-state index contributed by atoms with van der Waals surface area (Å²) in [6.07, 6.45) is 0. The van der Waals surface area contributed by atoms with E-state index in [0.717, 1.165) is 11.1 Å². The molecule has 30 heavy (non-hydrogen) atoms. The predicted molar refractivity (Wildman–Crippen MR) is 123 cm³/mol. The van der Waals surface area contributed by atoms with Crippen molar-refractivity contribution in [2.45, 2.75) is 19.3 Å². The summed E-state index contributed by atoms with van der Waals surface area (Å²) in [5.41, 5.74) is 8.66. The third-order valence-electron chi connectivity index (χ3n) is 6.49. The van der Waals surface area contributed by atoms with Crippen molar-refractivity contribution in [3.05, 3.63) is 106 Å². The van der Waals surface area contributed by atoms with Crippen LogP contribution in [0.2, 0.25) is 0 Å². The zero-order valence-electron chi connectivity index (χ0n) is 16.9. The van der Waals surface area contributed by atoms with Gasteiger partial charge >= 0.3 is 0 Å². The van der Waals surface area contributed by atoms with Gasteiger partial charge in [0.15, 0.2) is 0 Å². The van der Waals surface area contributed by atoms with E-state index < -0.39 is 0 Å². The maximum atomic E-state index is 13.1. The van der Waals surface area contributed by atoms with Gasteiger partial charge in [0.25, 0.3) is 0 Å². The zero-order valence-corrected chi connectivity index (χ0v) is 16.9. The number of benzene rings is 4. The second-order valence-electron chi connectivity index (χ2n) is 8.57. The summed E-state index contributed by atoms with van der Waals surface area (Å²) in [6.45, 7) is 4.56. The van der Waals surface area contributed by atoms with Gasteiger partial charge < -0.3 is 4.42 Å². The molecular weight excluding hydrogens is 368 g/mol. The van der Waals surface area contributed by atoms with E-state index >= 15 is 0 Å². The topological polar surface area (TPSA) is 30.2 Å². The number of hydrogen-bond acceptors (Lipinski definition) is 2. The minimum absolute atomic E-state index is 0.0163. The van der Waals surface area contributed by atoms with Crippen molar-refractivity contribution < 1.29 is 4.42 Å². The molecule has 0 atom stereocenters. The fraction of sp³-hybridized carbons (Fsp3) is 0.107. The molecule has 5 aromatic rings. The summed E-state index contributed by atoms with van der Waals surface area (Å²) in [4.78, 5) is 13.1. The standard InChI is InChI=1S/C28H20O2/c1-28(2)23-9-5-3-7-19(23)20-13-11-18(16-24(20)28)17-12-14-26-22(15-17)27(29)21-8-4-6-10-25(21)30-26/h3-16H,1-2H3. The van der Waals surface area contributed by atoms with Crippen molar-refractivity contribution in [1.82, 2.24) is 0 Å². The second-order valence-corrected chi connectivity index (χ2v) is 8.57. The van der Waals surface area contributed by atoms with Gasteiger partial charge in [-0.2, -0.15) is 0 Å². The Balaban J connectivity index is 1.55. The lowest BCUT2D eigenvalue weighted by molar-refractivity contribution is 0.659. The van der Waals surface area contributed by atoms with Gasteiger partial charge in [0, 0.05) is 5.41 Å². The van der Waals surface area contributed by atoms with Crippen LogP contribution >= 0.6 is 0 Å². The first kappa shape index (κ1) is 17.2. The van der Waals surface area contributed by atoms with Crippen molar-refractivity contribution in [1.29, 1.82) is 0 Å². The van der Waals surface area contributed by atoms with Crippen LogP contribution in [0.4, 0.5) is 0 Å². The number of para-hydroxylation sites is 1. The molecule has 0 saturated heterocycles. The van der Waals surface area contributed by atoms with Gasteiger partial charge in [-0.15, -0.1) is 0 Å². The number of fused-ring (bicyclic) bond motifs is 5. The molecule has 0 fully saturated rings. The number of rotatable bonds is 1. The highest BCUT2D eigenvalue weighted by Crippen LogP contribution is 2.49. The van der Waals surface area contributed by atoms with Crippen LogP contribution in [0.15, 0.2) is 94.1 Å². The molecule has 0 radical (unpaired) electrons. The average Bonchev–Trinajstić information content (AvgIpc) is 3.01. The van der Waals surface area contributed by atoms with Crippen molar-refractivity contribution in [2.24, 2.45) is 0 Å². The smallest absolute Gasteiger partial charge is 0.200 e. The van der Waals surface area contributed by atoms with Gasteiger partial charge in [0.2, 0.25) is 5.43 Å². The van der Waals surface area contributed by atoms with E-state index in [-0.39, 0.29) is 10.8 Å². The quantitative estimate of drug-likeness (QED) is 0.292. The Bertz CT molecular complexity index is 1540.